The summed E-state index contributed by atoms with van der Waals surface area (Å²) < 4.78 is 0. The van der Waals surface area contributed by atoms with Crippen LogP contribution in [0.3, 0.4) is 0 Å². The standard InChI is InChI=1S/C16H22N2O2/c1-11(2)8-14(12-6-4-3-5-7-12)18-16(20)13-9-15(19)17-10-13/h3-7,11,13-14H,8-10H2,1-2H3,(H,17,19)(H,18,20). The smallest absolute Gasteiger partial charge is 0.225 e. The molecule has 0 radical (unpaired) electrons. The fraction of sp³-hybridized carbons (Fsp3) is 0.500. The van der Waals surface area contributed by atoms with Crippen LogP contribution in [0.4, 0.5) is 0 Å². The summed E-state index contributed by atoms with van der Waals surface area (Å²) >= 11 is 0. The number of carbonyl (C=O) groups excluding carboxylic acids is 2. The van der Waals surface area contributed by atoms with Gasteiger partial charge < -0.3 is 10.6 Å². The summed E-state index contributed by atoms with van der Waals surface area (Å²) in [5.74, 6) is 0.188. The molecule has 1 aromatic rings. The average molecular weight is 274 g/mol. The Morgan fingerprint density at radius 2 is 2.05 bits per heavy atom. The molecule has 0 saturated carbocycles. The minimum absolute atomic E-state index is 0.0133. The number of carbonyl (C=O) groups is 2. The minimum atomic E-state index is -0.235. The van der Waals surface area contributed by atoms with Gasteiger partial charge in [-0.05, 0) is 17.9 Å². The Kier molecular flexibility index (Phi) is 4.77. The lowest BCUT2D eigenvalue weighted by atomic mass is 9.96. The number of hydrogen-bond acceptors (Lipinski definition) is 2. The molecule has 20 heavy (non-hydrogen) atoms. The SMILES string of the molecule is CC(C)CC(NC(=O)C1CNC(=O)C1)c1ccccc1. The van der Waals surface area contributed by atoms with Crippen molar-refractivity contribution in [1.29, 1.82) is 0 Å². The zero-order valence-electron chi connectivity index (χ0n) is 12.1. The third kappa shape index (κ3) is 3.83. The van der Waals surface area contributed by atoms with Gasteiger partial charge >= 0.3 is 0 Å². The fourth-order valence-electron chi connectivity index (χ4n) is 2.52. The Balaban J connectivity index is 2.04. The van der Waals surface area contributed by atoms with Crippen molar-refractivity contribution < 1.29 is 9.59 Å². The van der Waals surface area contributed by atoms with E-state index in [0.717, 1.165) is 12.0 Å². The highest BCUT2D eigenvalue weighted by Crippen LogP contribution is 2.22. The van der Waals surface area contributed by atoms with E-state index >= 15 is 0 Å². The summed E-state index contributed by atoms with van der Waals surface area (Å²) in [6.45, 7) is 4.74. The van der Waals surface area contributed by atoms with Crippen LogP contribution in [0.2, 0.25) is 0 Å². The van der Waals surface area contributed by atoms with E-state index in [-0.39, 0.29) is 23.8 Å². The second kappa shape index (κ2) is 6.55. The van der Waals surface area contributed by atoms with Crippen LogP contribution in [0, 0.1) is 11.8 Å². The zero-order valence-corrected chi connectivity index (χ0v) is 12.1. The van der Waals surface area contributed by atoms with E-state index in [1.807, 2.05) is 30.3 Å². The van der Waals surface area contributed by atoms with Crippen LogP contribution < -0.4 is 10.6 Å². The second-order valence-corrected chi connectivity index (χ2v) is 5.81. The lowest BCUT2D eigenvalue weighted by Gasteiger charge is -2.22. The maximum absolute atomic E-state index is 12.3. The number of rotatable bonds is 5. The predicted molar refractivity (Wildman–Crippen MR) is 77.9 cm³/mol. The van der Waals surface area contributed by atoms with Crippen molar-refractivity contribution in [3.8, 4) is 0 Å². The number of nitrogens with one attached hydrogen (secondary N) is 2. The van der Waals surface area contributed by atoms with E-state index in [4.69, 9.17) is 0 Å². The van der Waals surface area contributed by atoms with Gasteiger partial charge in [-0.25, -0.2) is 0 Å². The van der Waals surface area contributed by atoms with Gasteiger partial charge in [-0.2, -0.15) is 0 Å². The number of benzene rings is 1. The summed E-state index contributed by atoms with van der Waals surface area (Å²) in [5, 5.41) is 5.80. The largest absolute Gasteiger partial charge is 0.355 e. The third-order valence-electron chi connectivity index (χ3n) is 3.57. The molecule has 1 aliphatic rings. The van der Waals surface area contributed by atoms with Gasteiger partial charge in [-0.3, -0.25) is 9.59 Å². The Bertz CT molecular complexity index is 471. The van der Waals surface area contributed by atoms with Crippen LogP contribution in [0.25, 0.3) is 0 Å². The zero-order chi connectivity index (χ0) is 14.5. The van der Waals surface area contributed by atoms with Gasteiger partial charge in [0, 0.05) is 13.0 Å². The first-order chi connectivity index (χ1) is 9.56. The molecule has 108 valence electrons. The molecule has 1 fully saturated rings. The fourth-order valence-corrected chi connectivity index (χ4v) is 2.52. The van der Waals surface area contributed by atoms with Gasteiger partial charge in [0.1, 0.15) is 0 Å². The molecule has 0 aliphatic carbocycles. The Labute approximate surface area is 119 Å². The molecule has 1 aromatic carbocycles. The maximum Gasteiger partial charge on any atom is 0.225 e. The van der Waals surface area contributed by atoms with Crippen molar-refractivity contribution in [3.05, 3.63) is 35.9 Å². The first-order valence-corrected chi connectivity index (χ1v) is 7.18. The molecular weight excluding hydrogens is 252 g/mol. The number of amides is 2. The second-order valence-electron chi connectivity index (χ2n) is 5.81. The number of hydrogen-bond donors (Lipinski definition) is 2. The highest BCUT2D eigenvalue weighted by molar-refractivity contribution is 5.89. The Morgan fingerprint density at radius 1 is 1.35 bits per heavy atom. The van der Waals surface area contributed by atoms with E-state index < -0.39 is 0 Å². The van der Waals surface area contributed by atoms with Gasteiger partial charge in [0.15, 0.2) is 0 Å². The molecule has 0 aromatic heterocycles. The van der Waals surface area contributed by atoms with Gasteiger partial charge in [-0.1, -0.05) is 44.2 Å². The lowest BCUT2D eigenvalue weighted by Crippen LogP contribution is -2.35. The van der Waals surface area contributed by atoms with Crippen LogP contribution in [0.1, 0.15) is 38.3 Å². The van der Waals surface area contributed by atoms with Crippen molar-refractivity contribution >= 4 is 11.8 Å². The normalized spacial score (nSPS) is 19.8. The lowest BCUT2D eigenvalue weighted by molar-refractivity contribution is -0.127. The molecular formula is C16H22N2O2. The Hall–Kier alpha value is -1.84. The Morgan fingerprint density at radius 3 is 2.60 bits per heavy atom. The van der Waals surface area contributed by atoms with Gasteiger partial charge in [-0.15, -0.1) is 0 Å². The van der Waals surface area contributed by atoms with Crippen LogP contribution in [0.15, 0.2) is 30.3 Å². The highest BCUT2D eigenvalue weighted by Gasteiger charge is 2.29. The molecule has 2 N–H and O–H groups in total. The van der Waals surface area contributed by atoms with E-state index in [1.54, 1.807) is 0 Å². The molecule has 1 heterocycles. The molecule has 1 saturated heterocycles. The van der Waals surface area contributed by atoms with Gasteiger partial charge in [0.2, 0.25) is 11.8 Å². The van der Waals surface area contributed by atoms with E-state index in [1.165, 1.54) is 0 Å². The molecule has 2 amide bonds. The van der Waals surface area contributed by atoms with Crippen LogP contribution in [0.5, 0.6) is 0 Å². The van der Waals surface area contributed by atoms with E-state index in [0.29, 0.717) is 18.9 Å². The van der Waals surface area contributed by atoms with Crippen molar-refractivity contribution in [2.24, 2.45) is 11.8 Å². The van der Waals surface area contributed by atoms with E-state index in [9.17, 15) is 9.59 Å². The molecule has 0 bridgehead atoms. The molecule has 4 heteroatoms. The molecule has 0 spiro atoms. The summed E-state index contributed by atoms with van der Waals surface area (Å²) in [5.41, 5.74) is 1.12. The monoisotopic (exact) mass is 274 g/mol. The third-order valence-corrected chi connectivity index (χ3v) is 3.57. The van der Waals surface area contributed by atoms with Crippen molar-refractivity contribution in [2.75, 3.05) is 6.54 Å². The average Bonchev–Trinajstić information content (AvgIpc) is 2.85. The first-order valence-electron chi connectivity index (χ1n) is 7.18. The molecule has 2 unspecified atom stereocenters. The van der Waals surface area contributed by atoms with Gasteiger partial charge in [0.25, 0.3) is 0 Å². The summed E-state index contributed by atoms with van der Waals surface area (Å²) in [6.07, 6.45) is 1.19. The summed E-state index contributed by atoms with van der Waals surface area (Å²) in [4.78, 5) is 23.5. The van der Waals surface area contributed by atoms with Crippen molar-refractivity contribution in [1.82, 2.24) is 10.6 Å². The molecule has 4 nitrogen and oxygen atoms in total. The van der Waals surface area contributed by atoms with Crippen molar-refractivity contribution in [2.45, 2.75) is 32.7 Å². The van der Waals surface area contributed by atoms with Crippen LogP contribution >= 0.6 is 0 Å². The quantitative estimate of drug-likeness (QED) is 0.863. The topological polar surface area (TPSA) is 58.2 Å². The molecule has 2 atom stereocenters. The summed E-state index contributed by atoms with van der Waals surface area (Å²) in [7, 11) is 0. The molecule has 2 rings (SSSR count). The minimum Gasteiger partial charge on any atom is -0.355 e. The first kappa shape index (κ1) is 14.6. The predicted octanol–water partition coefficient (Wildman–Crippen LogP) is 2.03. The van der Waals surface area contributed by atoms with Crippen LogP contribution in [-0.4, -0.2) is 18.4 Å². The van der Waals surface area contributed by atoms with Crippen LogP contribution in [-0.2, 0) is 9.59 Å². The van der Waals surface area contributed by atoms with Gasteiger partial charge in [0.05, 0.1) is 12.0 Å². The van der Waals surface area contributed by atoms with E-state index in [2.05, 4.69) is 24.5 Å². The summed E-state index contributed by atoms with van der Waals surface area (Å²) in [6, 6.07) is 10.0. The highest BCUT2D eigenvalue weighted by atomic mass is 16.2. The van der Waals surface area contributed by atoms with Crippen molar-refractivity contribution in [3.63, 3.8) is 0 Å². The molecule has 1 aliphatic heterocycles. The maximum atomic E-state index is 12.3.